The minimum absolute atomic E-state index is 0.339. The number of likely N-dealkylation sites (tertiary alicyclic amines) is 1. The molecule has 0 amide bonds. The largest absolute Gasteiger partial charge is 0.303 e. The van der Waals surface area contributed by atoms with Crippen molar-refractivity contribution in [3.05, 3.63) is 0 Å². The van der Waals surface area contributed by atoms with Gasteiger partial charge in [-0.15, -0.1) is 0 Å². The molecule has 1 heterocycles. The van der Waals surface area contributed by atoms with Gasteiger partial charge < -0.3 is 4.90 Å². The first-order valence-electron chi connectivity index (χ1n) is 8.52. The van der Waals surface area contributed by atoms with Crippen LogP contribution in [0.3, 0.4) is 0 Å². The van der Waals surface area contributed by atoms with Crippen molar-refractivity contribution in [2.75, 3.05) is 26.2 Å². The van der Waals surface area contributed by atoms with Gasteiger partial charge in [0.25, 0.3) is 0 Å². The molecule has 1 aliphatic heterocycles. The van der Waals surface area contributed by atoms with Gasteiger partial charge in [0.15, 0.2) is 0 Å². The second kappa shape index (κ2) is 9.37. The molecule has 0 saturated carbocycles. The van der Waals surface area contributed by atoms with Gasteiger partial charge in [-0.1, -0.05) is 20.3 Å². The number of nitrogens with zero attached hydrogens (tertiary/aromatic N) is 2. The van der Waals surface area contributed by atoms with Crippen LogP contribution in [0.2, 0.25) is 0 Å². The van der Waals surface area contributed by atoms with Gasteiger partial charge in [-0.3, -0.25) is 5.32 Å². The molecule has 1 aliphatic rings. The van der Waals surface area contributed by atoms with E-state index in [1.807, 2.05) is 6.92 Å². The minimum Gasteiger partial charge on any atom is -0.303 e. The van der Waals surface area contributed by atoms with Gasteiger partial charge in [0.05, 0.1) is 6.07 Å². The quantitative estimate of drug-likeness (QED) is 0.738. The van der Waals surface area contributed by atoms with Crippen molar-refractivity contribution in [3.8, 4) is 6.07 Å². The highest BCUT2D eigenvalue weighted by Crippen LogP contribution is 2.21. The Hall–Kier alpha value is -0.590. The van der Waals surface area contributed by atoms with E-state index in [-0.39, 0.29) is 5.54 Å². The van der Waals surface area contributed by atoms with Crippen molar-refractivity contribution in [1.82, 2.24) is 10.2 Å². The van der Waals surface area contributed by atoms with Crippen molar-refractivity contribution in [2.45, 2.75) is 71.3 Å². The lowest BCUT2D eigenvalue weighted by Crippen LogP contribution is -2.42. The van der Waals surface area contributed by atoms with E-state index in [9.17, 15) is 5.26 Å². The molecule has 0 aliphatic carbocycles. The average Bonchev–Trinajstić information content (AvgIpc) is 2.70. The van der Waals surface area contributed by atoms with Gasteiger partial charge in [0.2, 0.25) is 0 Å². The minimum atomic E-state index is -0.339. The fourth-order valence-electron chi connectivity index (χ4n) is 3.10. The Balaban J connectivity index is 2.27. The molecule has 0 aromatic carbocycles. The van der Waals surface area contributed by atoms with Crippen LogP contribution >= 0.6 is 0 Å². The molecule has 0 aromatic heterocycles. The summed E-state index contributed by atoms with van der Waals surface area (Å²) in [6.07, 6.45) is 8.61. The number of hydrogen-bond donors (Lipinski definition) is 1. The lowest BCUT2D eigenvalue weighted by atomic mass is 9.97. The maximum Gasteiger partial charge on any atom is 0.103 e. The molecule has 116 valence electrons. The first kappa shape index (κ1) is 17.5. The number of rotatable bonds is 8. The first-order valence-corrected chi connectivity index (χ1v) is 8.52. The summed E-state index contributed by atoms with van der Waals surface area (Å²) in [5.41, 5.74) is -0.339. The Morgan fingerprint density at radius 1 is 1.30 bits per heavy atom. The molecule has 0 bridgehead atoms. The molecule has 2 atom stereocenters. The van der Waals surface area contributed by atoms with E-state index < -0.39 is 0 Å². The maximum atomic E-state index is 9.33. The summed E-state index contributed by atoms with van der Waals surface area (Å²) in [7, 11) is 0. The lowest BCUT2D eigenvalue weighted by molar-refractivity contribution is 0.262. The summed E-state index contributed by atoms with van der Waals surface area (Å²) in [5.74, 6) is 0.940. The zero-order chi connectivity index (χ0) is 14.8. The highest BCUT2D eigenvalue weighted by atomic mass is 15.1. The Labute approximate surface area is 125 Å². The zero-order valence-corrected chi connectivity index (χ0v) is 13.7. The van der Waals surface area contributed by atoms with Gasteiger partial charge in [-0.05, 0) is 77.5 Å². The van der Waals surface area contributed by atoms with Crippen LogP contribution in [0.5, 0.6) is 0 Å². The number of nitriles is 1. The second-order valence-corrected chi connectivity index (χ2v) is 6.52. The Morgan fingerprint density at radius 2 is 2.10 bits per heavy atom. The van der Waals surface area contributed by atoms with Crippen LogP contribution in [0.1, 0.15) is 65.7 Å². The average molecular weight is 279 g/mol. The molecule has 1 saturated heterocycles. The van der Waals surface area contributed by atoms with Crippen molar-refractivity contribution in [2.24, 2.45) is 5.92 Å². The third-order valence-corrected chi connectivity index (χ3v) is 4.68. The predicted molar refractivity (Wildman–Crippen MR) is 85.6 cm³/mol. The topological polar surface area (TPSA) is 39.1 Å². The first-order chi connectivity index (χ1) is 9.63. The molecule has 3 nitrogen and oxygen atoms in total. The smallest absolute Gasteiger partial charge is 0.103 e. The molecular formula is C17H33N3. The fraction of sp³-hybridized carbons (Fsp3) is 0.941. The van der Waals surface area contributed by atoms with Gasteiger partial charge in [0, 0.05) is 0 Å². The molecule has 1 N–H and O–H groups in total. The van der Waals surface area contributed by atoms with Crippen molar-refractivity contribution < 1.29 is 0 Å². The molecule has 1 rings (SSSR count). The highest BCUT2D eigenvalue weighted by molar-refractivity contribution is 5.03. The van der Waals surface area contributed by atoms with Crippen LogP contribution in [-0.4, -0.2) is 36.6 Å². The predicted octanol–water partition coefficient (Wildman–Crippen LogP) is 3.56. The summed E-state index contributed by atoms with van der Waals surface area (Å²) in [6, 6.07) is 2.45. The fourth-order valence-corrected chi connectivity index (χ4v) is 3.10. The van der Waals surface area contributed by atoms with Crippen LogP contribution < -0.4 is 5.32 Å². The van der Waals surface area contributed by atoms with Crippen LogP contribution in [-0.2, 0) is 0 Å². The van der Waals surface area contributed by atoms with Gasteiger partial charge in [-0.25, -0.2) is 0 Å². The molecule has 0 spiro atoms. The molecule has 20 heavy (non-hydrogen) atoms. The van der Waals surface area contributed by atoms with Crippen molar-refractivity contribution in [3.63, 3.8) is 0 Å². The van der Waals surface area contributed by atoms with E-state index in [0.29, 0.717) is 0 Å². The molecule has 2 unspecified atom stereocenters. The van der Waals surface area contributed by atoms with Gasteiger partial charge in [0.1, 0.15) is 5.54 Å². The number of nitrogens with one attached hydrogen (secondary N) is 1. The Morgan fingerprint density at radius 3 is 2.75 bits per heavy atom. The molecule has 0 aromatic rings. The van der Waals surface area contributed by atoms with Crippen molar-refractivity contribution in [1.29, 1.82) is 5.26 Å². The van der Waals surface area contributed by atoms with Gasteiger partial charge >= 0.3 is 0 Å². The lowest BCUT2D eigenvalue weighted by Gasteiger charge is -2.25. The second-order valence-electron chi connectivity index (χ2n) is 6.52. The van der Waals surface area contributed by atoms with Crippen molar-refractivity contribution >= 4 is 0 Å². The SMILES string of the molecule is CCCNC(C)(C#N)CCCN1CCCC(CC)CC1. The molecule has 1 fully saturated rings. The monoisotopic (exact) mass is 279 g/mol. The normalized spacial score (nSPS) is 23.8. The van der Waals surface area contributed by atoms with E-state index in [4.69, 9.17) is 0 Å². The molecule has 0 radical (unpaired) electrons. The summed E-state index contributed by atoms with van der Waals surface area (Å²) in [6.45, 7) is 11.1. The zero-order valence-electron chi connectivity index (χ0n) is 13.7. The standard InChI is InChI=1S/C17H33N3/c1-4-11-19-17(3,15-18)10-7-13-20-12-6-8-16(5-2)9-14-20/h16,19H,4-14H2,1-3H3. The molecule has 3 heteroatoms. The summed E-state index contributed by atoms with van der Waals surface area (Å²) < 4.78 is 0. The van der Waals surface area contributed by atoms with E-state index >= 15 is 0 Å². The highest BCUT2D eigenvalue weighted by Gasteiger charge is 2.23. The van der Waals surface area contributed by atoms with E-state index in [0.717, 1.165) is 38.3 Å². The van der Waals surface area contributed by atoms with Crippen LogP contribution in [0, 0.1) is 17.2 Å². The van der Waals surface area contributed by atoms with Gasteiger partial charge in [-0.2, -0.15) is 5.26 Å². The third kappa shape index (κ3) is 6.24. The third-order valence-electron chi connectivity index (χ3n) is 4.68. The van der Waals surface area contributed by atoms with Crippen LogP contribution in [0.15, 0.2) is 0 Å². The van der Waals surface area contributed by atoms with E-state index in [2.05, 4.69) is 30.1 Å². The summed E-state index contributed by atoms with van der Waals surface area (Å²) in [4.78, 5) is 2.60. The Bertz CT molecular complexity index is 297. The summed E-state index contributed by atoms with van der Waals surface area (Å²) in [5, 5.41) is 12.7. The summed E-state index contributed by atoms with van der Waals surface area (Å²) >= 11 is 0. The Kier molecular flexibility index (Phi) is 8.18. The van der Waals surface area contributed by atoms with E-state index in [1.165, 1.54) is 38.8 Å². The van der Waals surface area contributed by atoms with Crippen LogP contribution in [0.4, 0.5) is 0 Å². The maximum absolute atomic E-state index is 9.33. The van der Waals surface area contributed by atoms with E-state index in [1.54, 1.807) is 0 Å². The number of hydrogen-bond acceptors (Lipinski definition) is 3. The van der Waals surface area contributed by atoms with Crippen LogP contribution in [0.25, 0.3) is 0 Å². The molecular weight excluding hydrogens is 246 g/mol.